The Morgan fingerprint density at radius 2 is 2.20 bits per heavy atom. The Morgan fingerprint density at radius 3 is 2.90 bits per heavy atom. The van der Waals surface area contributed by atoms with Gasteiger partial charge in [-0.05, 0) is 30.5 Å². The van der Waals surface area contributed by atoms with Crippen molar-refractivity contribution in [1.82, 2.24) is 4.98 Å². The first-order valence-corrected chi connectivity index (χ1v) is 8.43. The van der Waals surface area contributed by atoms with E-state index in [1.54, 1.807) is 11.3 Å². The van der Waals surface area contributed by atoms with Crippen LogP contribution in [0.15, 0.2) is 40.3 Å². The molecule has 0 spiro atoms. The summed E-state index contributed by atoms with van der Waals surface area (Å²) in [4.78, 5) is 4.31. The van der Waals surface area contributed by atoms with Gasteiger partial charge in [-0.15, -0.1) is 11.3 Å². The monoisotopic (exact) mass is 352 g/mol. The van der Waals surface area contributed by atoms with Crippen LogP contribution < -0.4 is 5.32 Å². The third-order valence-corrected chi connectivity index (χ3v) is 5.12. The van der Waals surface area contributed by atoms with Crippen molar-refractivity contribution in [2.24, 2.45) is 0 Å². The second kappa shape index (κ2) is 6.24. The molecule has 1 aromatic carbocycles. The second-order valence-electron chi connectivity index (χ2n) is 5.09. The number of nitrogens with one attached hydrogen (secondary N) is 1. The largest absolute Gasteiger partial charge is 0.381 e. The average Bonchev–Trinajstić information content (AvgIpc) is 3.00. The number of rotatable bonds is 4. The highest BCUT2D eigenvalue weighted by Crippen LogP contribution is 2.36. The zero-order valence-electron chi connectivity index (χ0n) is 11.1. The van der Waals surface area contributed by atoms with Crippen LogP contribution in [0.4, 0.5) is 5.13 Å². The summed E-state index contributed by atoms with van der Waals surface area (Å²) in [6, 6.07) is 8.64. The maximum Gasteiger partial charge on any atom is 0.182 e. The fraction of sp³-hybridized carbons (Fsp3) is 0.400. The van der Waals surface area contributed by atoms with Gasteiger partial charge in [-0.25, -0.2) is 4.98 Å². The molecule has 3 nitrogen and oxygen atoms in total. The molecular formula is C15H17BrN2OS. The highest BCUT2D eigenvalue weighted by atomic mass is 79.9. The molecule has 0 unspecified atom stereocenters. The van der Waals surface area contributed by atoms with Crippen LogP contribution in [-0.4, -0.2) is 24.7 Å². The van der Waals surface area contributed by atoms with Gasteiger partial charge >= 0.3 is 0 Å². The molecule has 1 saturated heterocycles. The highest BCUT2D eigenvalue weighted by molar-refractivity contribution is 9.10. The van der Waals surface area contributed by atoms with E-state index in [2.05, 4.69) is 50.5 Å². The van der Waals surface area contributed by atoms with Gasteiger partial charge in [0, 0.05) is 41.2 Å². The summed E-state index contributed by atoms with van der Waals surface area (Å²) in [5.74, 6) is 0. The molecule has 3 rings (SSSR count). The predicted molar refractivity (Wildman–Crippen MR) is 86.5 cm³/mol. The molecule has 20 heavy (non-hydrogen) atoms. The SMILES string of the molecule is Brc1cccc(C2(CNc3nccs3)CCOCC2)c1. The Kier molecular flexibility index (Phi) is 4.38. The van der Waals surface area contributed by atoms with Crippen LogP contribution in [0.5, 0.6) is 0 Å². The highest BCUT2D eigenvalue weighted by Gasteiger charge is 2.34. The normalized spacial score (nSPS) is 17.9. The minimum absolute atomic E-state index is 0.133. The molecule has 5 heteroatoms. The first-order chi connectivity index (χ1) is 9.78. The minimum Gasteiger partial charge on any atom is -0.381 e. The molecule has 0 saturated carbocycles. The number of halogens is 1. The van der Waals surface area contributed by atoms with Crippen LogP contribution in [0.2, 0.25) is 0 Å². The van der Waals surface area contributed by atoms with Crippen molar-refractivity contribution < 1.29 is 4.74 Å². The first kappa shape index (κ1) is 14.0. The lowest BCUT2D eigenvalue weighted by Gasteiger charge is -2.38. The van der Waals surface area contributed by atoms with Gasteiger partial charge in [-0.2, -0.15) is 0 Å². The maximum atomic E-state index is 5.56. The molecule has 2 heterocycles. The van der Waals surface area contributed by atoms with Gasteiger partial charge in [0.15, 0.2) is 5.13 Å². The van der Waals surface area contributed by atoms with E-state index in [9.17, 15) is 0 Å². The minimum atomic E-state index is 0.133. The lowest BCUT2D eigenvalue weighted by Crippen LogP contribution is -2.40. The number of ether oxygens (including phenoxy) is 1. The van der Waals surface area contributed by atoms with Crippen LogP contribution in [0.3, 0.4) is 0 Å². The molecule has 0 amide bonds. The number of thiazole rings is 1. The third kappa shape index (κ3) is 3.05. The number of anilines is 1. The van der Waals surface area contributed by atoms with Crippen molar-refractivity contribution in [3.8, 4) is 0 Å². The van der Waals surface area contributed by atoms with Crippen LogP contribution in [0.25, 0.3) is 0 Å². The third-order valence-electron chi connectivity index (χ3n) is 3.90. The molecule has 0 radical (unpaired) electrons. The van der Waals surface area contributed by atoms with Gasteiger partial charge in [0.2, 0.25) is 0 Å². The summed E-state index contributed by atoms with van der Waals surface area (Å²) in [5, 5.41) is 6.48. The van der Waals surface area contributed by atoms with Gasteiger partial charge in [-0.3, -0.25) is 0 Å². The van der Waals surface area contributed by atoms with Crippen LogP contribution in [0.1, 0.15) is 18.4 Å². The molecule has 106 valence electrons. The van der Waals surface area contributed by atoms with E-state index >= 15 is 0 Å². The van der Waals surface area contributed by atoms with Crippen molar-refractivity contribution in [3.05, 3.63) is 45.9 Å². The summed E-state index contributed by atoms with van der Waals surface area (Å²) in [5.41, 5.74) is 1.51. The molecule has 1 aromatic heterocycles. The Morgan fingerprint density at radius 1 is 1.35 bits per heavy atom. The summed E-state index contributed by atoms with van der Waals surface area (Å²) < 4.78 is 6.70. The topological polar surface area (TPSA) is 34.2 Å². The molecule has 2 aromatic rings. The van der Waals surface area contributed by atoms with E-state index in [4.69, 9.17) is 4.74 Å². The average molecular weight is 353 g/mol. The lowest BCUT2D eigenvalue weighted by molar-refractivity contribution is 0.0544. The number of nitrogens with zero attached hydrogens (tertiary/aromatic N) is 1. The fourth-order valence-electron chi connectivity index (χ4n) is 2.70. The predicted octanol–water partition coefficient (Wildman–Crippen LogP) is 4.07. The van der Waals surface area contributed by atoms with E-state index < -0.39 is 0 Å². The number of benzene rings is 1. The zero-order chi connectivity index (χ0) is 13.8. The molecule has 0 atom stereocenters. The van der Waals surface area contributed by atoms with E-state index in [1.165, 1.54) is 5.56 Å². The van der Waals surface area contributed by atoms with Gasteiger partial charge in [0.1, 0.15) is 0 Å². The van der Waals surface area contributed by atoms with Crippen LogP contribution >= 0.6 is 27.3 Å². The number of hydrogen-bond acceptors (Lipinski definition) is 4. The summed E-state index contributed by atoms with van der Waals surface area (Å²) in [6.07, 6.45) is 3.92. The molecular weight excluding hydrogens is 336 g/mol. The fourth-order valence-corrected chi connectivity index (χ4v) is 3.63. The van der Waals surface area contributed by atoms with Crippen molar-refractivity contribution in [2.45, 2.75) is 18.3 Å². The molecule has 1 fully saturated rings. The summed E-state index contributed by atoms with van der Waals surface area (Å²) in [6.45, 7) is 2.55. The first-order valence-electron chi connectivity index (χ1n) is 6.76. The quantitative estimate of drug-likeness (QED) is 0.900. The van der Waals surface area contributed by atoms with Gasteiger partial charge in [0.25, 0.3) is 0 Å². The van der Waals surface area contributed by atoms with Crippen molar-refractivity contribution in [2.75, 3.05) is 25.1 Å². The van der Waals surface area contributed by atoms with Crippen LogP contribution in [-0.2, 0) is 10.2 Å². The second-order valence-corrected chi connectivity index (χ2v) is 6.90. The summed E-state index contributed by atoms with van der Waals surface area (Å²) >= 11 is 5.23. The zero-order valence-corrected chi connectivity index (χ0v) is 13.5. The maximum absolute atomic E-state index is 5.56. The van der Waals surface area contributed by atoms with E-state index in [0.29, 0.717) is 0 Å². The Balaban J connectivity index is 1.84. The van der Waals surface area contributed by atoms with Crippen LogP contribution in [0, 0.1) is 0 Å². The van der Waals surface area contributed by atoms with Gasteiger partial charge in [-0.1, -0.05) is 28.1 Å². The Bertz CT molecular complexity index is 553. The molecule has 0 bridgehead atoms. The van der Waals surface area contributed by atoms with Crippen molar-refractivity contribution in [1.29, 1.82) is 0 Å². The Hall–Kier alpha value is -0.910. The lowest BCUT2D eigenvalue weighted by atomic mass is 9.74. The molecule has 0 aliphatic carbocycles. The number of aromatic nitrogens is 1. The smallest absolute Gasteiger partial charge is 0.182 e. The molecule has 1 aliphatic heterocycles. The van der Waals surface area contributed by atoms with E-state index in [-0.39, 0.29) is 5.41 Å². The van der Waals surface area contributed by atoms with Crippen molar-refractivity contribution >= 4 is 32.4 Å². The Labute approximate surface area is 131 Å². The van der Waals surface area contributed by atoms with E-state index in [1.807, 2.05) is 11.6 Å². The van der Waals surface area contributed by atoms with Gasteiger partial charge in [0.05, 0.1) is 0 Å². The standard InChI is InChI=1S/C15H17BrN2OS/c16-13-3-1-2-12(10-13)15(4-7-19-8-5-15)11-18-14-17-6-9-20-14/h1-3,6,9-10H,4-5,7-8,11H2,(H,17,18). The van der Waals surface area contributed by atoms with Gasteiger partial charge < -0.3 is 10.1 Å². The van der Waals surface area contributed by atoms with E-state index in [0.717, 1.165) is 42.2 Å². The summed E-state index contributed by atoms with van der Waals surface area (Å²) in [7, 11) is 0. The number of hydrogen-bond donors (Lipinski definition) is 1. The van der Waals surface area contributed by atoms with Crippen molar-refractivity contribution in [3.63, 3.8) is 0 Å². The molecule has 1 N–H and O–H groups in total. The molecule has 1 aliphatic rings.